The van der Waals surface area contributed by atoms with Crippen molar-refractivity contribution in [3.8, 4) is 0 Å². The second-order valence-electron chi connectivity index (χ2n) is 4.63. The Morgan fingerprint density at radius 2 is 2.25 bits per heavy atom. The maximum Gasteiger partial charge on any atom is 0.261 e. The van der Waals surface area contributed by atoms with E-state index in [4.69, 9.17) is 5.11 Å². The number of rotatable bonds is 5. The maximum absolute atomic E-state index is 11.9. The molecule has 0 atom stereocenters. The lowest BCUT2D eigenvalue weighted by Crippen LogP contribution is -2.36. The summed E-state index contributed by atoms with van der Waals surface area (Å²) >= 11 is 1.47. The molecular formula is C12H19NO2S. The molecule has 1 aromatic rings. The highest BCUT2D eigenvalue weighted by Crippen LogP contribution is 2.18. The van der Waals surface area contributed by atoms with Gasteiger partial charge < -0.3 is 10.4 Å². The summed E-state index contributed by atoms with van der Waals surface area (Å²) in [6.45, 7) is 6.43. The van der Waals surface area contributed by atoms with Gasteiger partial charge in [-0.3, -0.25) is 4.79 Å². The molecule has 0 saturated heterocycles. The Morgan fingerprint density at radius 1 is 1.56 bits per heavy atom. The van der Waals surface area contributed by atoms with Crippen molar-refractivity contribution in [2.75, 3.05) is 13.2 Å². The summed E-state index contributed by atoms with van der Waals surface area (Å²) in [5, 5.41) is 13.9. The number of aliphatic hydroxyl groups is 1. The fraction of sp³-hybridized carbons (Fsp3) is 0.583. The molecule has 1 amide bonds. The monoisotopic (exact) mass is 241 g/mol. The zero-order chi connectivity index (χ0) is 12.2. The second kappa shape index (κ2) is 5.46. The third-order valence-electron chi connectivity index (χ3n) is 2.49. The molecule has 16 heavy (non-hydrogen) atoms. The van der Waals surface area contributed by atoms with Crippen molar-refractivity contribution in [3.63, 3.8) is 0 Å². The lowest BCUT2D eigenvalue weighted by molar-refractivity contribution is 0.0914. The smallest absolute Gasteiger partial charge is 0.261 e. The fourth-order valence-corrected chi connectivity index (χ4v) is 2.18. The zero-order valence-corrected chi connectivity index (χ0v) is 10.9. The van der Waals surface area contributed by atoms with Crippen molar-refractivity contribution in [3.05, 3.63) is 21.9 Å². The topological polar surface area (TPSA) is 49.3 Å². The number of hydrogen-bond acceptors (Lipinski definition) is 3. The first-order chi connectivity index (χ1) is 7.50. The van der Waals surface area contributed by atoms with Crippen LogP contribution in [-0.4, -0.2) is 24.2 Å². The highest BCUT2D eigenvalue weighted by Gasteiger charge is 2.19. The Kier molecular flexibility index (Phi) is 4.50. The minimum Gasteiger partial charge on any atom is -0.396 e. The summed E-state index contributed by atoms with van der Waals surface area (Å²) in [4.78, 5) is 12.7. The van der Waals surface area contributed by atoms with Crippen molar-refractivity contribution >= 4 is 17.2 Å². The maximum atomic E-state index is 11.9. The molecule has 1 rings (SSSR count). The summed E-state index contributed by atoms with van der Waals surface area (Å²) in [6, 6.07) is 1.98. The van der Waals surface area contributed by atoms with Gasteiger partial charge in [0.15, 0.2) is 0 Å². The van der Waals surface area contributed by atoms with Gasteiger partial charge in [-0.25, -0.2) is 0 Å². The standard InChI is InChI=1S/C12H19NO2S/c1-4-9-5-6-16-10(9)11(15)13-7-12(2,3)8-14/h5-6,14H,4,7-8H2,1-3H3,(H,13,15). The molecule has 1 heterocycles. The molecule has 90 valence electrons. The summed E-state index contributed by atoms with van der Waals surface area (Å²) in [5.74, 6) is -0.0339. The third kappa shape index (κ3) is 3.32. The molecule has 1 aromatic heterocycles. The number of amides is 1. The molecule has 0 unspecified atom stereocenters. The van der Waals surface area contributed by atoms with Crippen LogP contribution in [0.15, 0.2) is 11.4 Å². The van der Waals surface area contributed by atoms with E-state index in [9.17, 15) is 4.79 Å². The zero-order valence-electron chi connectivity index (χ0n) is 10.0. The first-order valence-corrected chi connectivity index (χ1v) is 6.33. The molecule has 0 fully saturated rings. The van der Waals surface area contributed by atoms with Crippen LogP contribution in [0.3, 0.4) is 0 Å². The van der Waals surface area contributed by atoms with E-state index in [2.05, 4.69) is 5.32 Å². The number of carbonyl (C=O) groups is 1. The molecule has 0 aromatic carbocycles. The van der Waals surface area contributed by atoms with Gasteiger partial charge in [0.25, 0.3) is 5.91 Å². The van der Waals surface area contributed by atoms with E-state index in [0.717, 1.165) is 16.9 Å². The first kappa shape index (κ1) is 13.2. The number of thiophene rings is 1. The SMILES string of the molecule is CCc1ccsc1C(=O)NCC(C)(C)CO. The van der Waals surface area contributed by atoms with Crippen LogP contribution in [0.5, 0.6) is 0 Å². The number of carbonyl (C=O) groups excluding carboxylic acids is 1. The van der Waals surface area contributed by atoms with E-state index in [1.165, 1.54) is 11.3 Å². The normalized spacial score (nSPS) is 11.5. The van der Waals surface area contributed by atoms with Gasteiger partial charge in [0.2, 0.25) is 0 Å². The van der Waals surface area contributed by atoms with Gasteiger partial charge in [0.05, 0.1) is 4.88 Å². The highest BCUT2D eigenvalue weighted by molar-refractivity contribution is 7.12. The van der Waals surface area contributed by atoms with Crippen molar-refractivity contribution in [2.24, 2.45) is 5.41 Å². The third-order valence-corrected chi connectivity index (χ3v) is 3.44. The van der Waals surface area contributed by atoms with Crippen LogP contribution in [0.2, 0.25) is 0 Å². The molecule has 0 spiro atoms. The quantitative estimate of drug-likeness (QED) is 0.829. The Balaban J connectivity index is 2.60. The molecular weight excluding hydrogens is 222 g/mol. The van der Waals surface area contributed by atoms with Gasteiger partial charge >= 0.3 is 0 Å². The van der Waals surface area contributed by atoms with Crippen LogP contribution in [0.4, 0.5) is 0 Å². The lowest BCUT2D eigenvalue weighted by atomic mass is 9.95. The largest absolute Gasteiger partial charge is 0.396 e. The second-order valence-corrected chi connectivity index (χ2v) is 5.55. The molecule has 0 aliphatic carbocycles. The molecule has 0 aliphatic heterocycles. The minimum absolute atomic E-state index is 0.0339. The van der Waals surface area contributed by atoms with Gasteiger partial charge in [0, 0.05) is 18.6 Å². The molecule has 0 radical (unpaired) electrons. The van der Waals surface area contributed by atoms with E-state index in [0.29, 0.717) is 6.54 Å². The Bertz CT molecular complexity index is 358. The number of hydrogen-bond donors (Lipinski definition) is 2. The van der Waals surface area contributed by atoms with E-state index in [1.54, 1.807) is 0 Å². The van der Waals surface area contributed by atoms with Crippen LogP contribution in [0.25, 0.3) is 0 Å². The van der Waals surface area contributed by atoms with Crippen molar-refractivity contribution in [2.45, 2.75) is 27.2 Å². The van der Waals surface area contributed by atoms with Crippen molar-refractivity contribution < 1.29 is 9.90 Å². The van der Waals surface area contributed by atoms with E-state index < -0.39 is 0 Å². The van der Waals surface area contributed by atoms with E-state index in [1.807, 2.05) is 32.2 Å². The fourth-order valence-electron chi connectivity index (χ4n) is 1.27. The highest BCUT2D eigenvalue weighted by atomic mass is 32.1. The van der Waals surface area contributed by atoms with Gasteiger partial charge in [-0.2, -0.15) is 0 Å². The molecule has 0 saturated carbocycles. The minimum atomic E-state index is -0.265. The van der Waals surface area contributed by atoms with E-state index in [-0.39, 0.29) is 17.9 Å². The molecule has 0 aliphatic rings. The number of aliphatic hydroxyl groups excluding tert-OH is 1. The Hall–Kier alpha value is -0.870. The van der Waals surface area contributed by atoms with Crippen molar-refractivity contribution in [1.82, 2.24) is 5.32 Å². The number of aryl methyl sites for hydroxylation is 1. The van der Waals surface area contributed by atoms with E-state index >= 15 is 0 Å². The summed E-state index contributed by atoms with van der Waals surface area (Å²) < 4.78 is 0. The predicted octanol–water partition coefficient (Wildman–Crippen LogP) is 2.06. The van der Waals surface area contributed by atoms with Gasteiger partial charge in [-0.05, 0) is 23.4 Å². The van der Waals surface area contributed by atoms with Crippen LogP contribution in [0.1, 0.15) is 36.0 Å². The molecule has 0 bridgehead atoms. The molecule has 4 heteroatoms. The average Bonchev–Trinajstić information content (AvgIpc) is 2.74. The molecule has 3 nitrogen and oxygen atoms in total. The summed E-state index contributed by atoms with van der Waals surface area (Å²) in [7, 11) is 0. The molecule has 2 N–H and O–H groups in total. The van der Waals surface area contributed by atoms with Gasteiger partial charge in [0.1, 0.15) is 0 Å². The lowest BCUT2D eigenvalue weighted by Gasteiger charge is -2.21. The number of nitrogens with one attached hydrogen (secondary N) is 1. The Morgan fingerprint density at radius 3 is 2.81 bits per heavy atom. The Labute approximate surface area is 100 Å². The predicted molar refractivity (Wildman–Crippen MR) is 66.9 cm³/mol. The van der Waals surface area contributed by atoms with Gasteiger partial charge in [-0.15, -0.1) is 11.3 Å². The van der Waals surface area contributed by atoms with Crippen LogP contribution < -0.4 is 5.32 Å². The van der Waals surface area contributed by atoms with Crippen LogP contribution in [0, 0.1) is 5.41 Å². The van der Waals surface area contributed by atoms with Crippen molar-refractivity contribution in [1.29, 1.82) is 0 Å². The van der Waals surface area contributed by atoms with Gasteiger partial charge in [-0.1, -0.05) is 20.8 Å². The summed E-state index contributed by atoms with van der Waals surface area (Å²) in [6.07, 6.45) is 0.871. The first-order valence-electron chi connectivity index (χ1n) is 5.45. The van der Waals surface area contributed by atoms with Crippen LogP contribution in [-0.2, 0) is 6.42 Å². The summed E-state index contributed by atoms with van der Waals surface area (Å²) in [5.41, 5.74) is 0.823. The average molecular weight is 241 g/mol. The van der Waals surface area contributed by atoms with Crippen LogP contribution >= 0.6 is 11.3 Å².